The normalized spacial score (nSPS) is 22.4. The Balaban J connectivity index is 2.05. The maximum Gasteiger partial charge on any atom is 0.408 e. The SMILES string of the molecule is CC1CCC(C(C)C)C(C(=O)NCC(NC(=O)C(C)NC(=O)OC(C)(C)C)c2ccccc2)C1. The molecule has 0 saturated heterocycles. The van der Waals surface area contributed by atoms with Gasteiger partial charge in [0.2, 0.25) is 11.8 Å². The molecule has 7 heteroatoms. The number of carbonyl (C=O) groups excluding carboxylic acids is 3. The zero-order valence-corrected chi connectivity index (χ0v) is 21.8. The zero-order valence-electron chi connectivity index (χ0n) is 21.8. The molecule has 2 rings (SSSR count). The molecule has 1 aromatic rings. The Kier molecular flexibility index (Phi) is 9.95. The highest BCUT2D eigenvalue weighted by molar-refractivity contribution is 5.85. The summed E-state index contributed by atoms with van der Waals surface area (Å²) in [7, 11) is 0. The van der Waals surface area contributed by atoms with Gasteiger partial charge in [-0.3, -0.25) is 9.59 Å². The van der Waals surface area contributed by atoms with Crippen LogP contribution in [0.4, 0.5) is 4.79 Å². The minimum atomic E-state index is -0.790. The summed E-state index contributed by atoms with van der Waals surface area (Å²) >= 11 is 0. The van der Waals surface area contributed by atoms with Crippen LogP contribution < -0.4 is 16.0 Å². The molecule has 1 saturated carbocycles. The number of carbonyl (C=O) groups is 3. The first kappa shape index (κ1) is 27.7. The van der Waals surface area contributed by atoms with Gasteiger partial charge in [0, 0.05) is 12.5 Å². The first-order valence-corrected chi connectivity index (χ1v) is 12.5. The van der Waals surface area contributed by atoms with Crippen molar-refractivity contribution >= 4 is 17.9 Å². The van der Waals surface area contributed by atoms with Crippen LogP contribution >= 0.6 is 0 Å². The van der Waals surface area contributed by atoms with Crippen molar-refractivity contribution in [3.63, 3.8) is 0 Å². The van der Waals surface area contributed by atoms with Gasteiger partial charge in [0.05, 0.1) is 6.04 Å². The van der Waals surface area contributed by atoms with Crippen LogP contribution in [0.5, 0.6) is 0 Å². The average molecular weight is 474 g/mol. The molecule has 1 fully saturated rings. The molecule has 1 aromatic carbocycles. The van der Waals surface area contributed by atoms with Gasteiger partial charge in [-0.2, -0.15) is 0 Å². The van der Waals surface area contributed by atoms with E-state index in [1.807, 2.05) is 30.3 Å². The number of rotatable bonds is 8. The van der Waals surface area contributed by atoms with Crippen molar-refractivity contribution in [1.82, 2.24) is 16.0 Å². The molecule has 34 heavy (non-hydrogen) atoms. The number of hydrogen-bond acceptors (Lipinski definition) is 4. The van der Waals surface area contributed by atoms with E-state index in [0.717, 1.165) is 24.8 Å². The van der Waals surface area contributed by atoms with Crippen molar-refractivity contribution in [2.75, 3.05) is 6.54 Å². The van der Waals surface area contributed by atoms with Gasteiger partial charge < -0.3 is 20.7 Å². The van der Waals surface area contributed by atoms with Crippen LogP contribution in [0.2, 0.25) is 0 Å². The predicted octanol–water partition coefficient (Wildman–Crippen LogP) is 4.58. The fraction of sp³-hybridized carbons (Fsp3) is 0.667. The second-order valence-corrected chi connectivity index (χ2v) is 11.0. The van der Waals surface area contributed by atoms with E-state index >= 15 is 0 Å². The number of benzene rings is 1. The average Bonchev–Trinajstić information content (AvgIpc) is 2.75. The van der Waals surface area contributed by atoms with E-state index in [9.17, 15) is 14.4 Å². The van der Waals surface area contributed by atoms with Crippen molar-refractivity contribution in [3.8, 4) is 0 Å². The number of ether oxygens (including phenoxy) is 1. The van der Waals surface area contributed by atoms with Gasteiger partial charge in [-0.15, -0.1) is 0 Å². The Morgan fingerprint density at radius 3 is 2.26 bits per heavy atom. The highest BCUT2D eigenvalue weighted by Gasteiger charge is 2.35. The Morgan fingerprint density at radius 1 is 1.03 bits per heavy atom. The highest BCUT2D eigenvalue weighted by Crippen LogP contribution is 2.38. The lowest BCUT2D eigenvalue weighted by Gasteiger charge is -2.36. The van der Waals surface area contributed by atoms with E-state index in [2.05, 4.69) is 36.7 Å². The molecule has 5 unspecified atom stereocenters. The number of nitrogens with one attached hydrogen (secondary N) is 3. The summed E-state index contributed by atoms with van der Waals surface area (Å²) in [6.07, 6.45) is 2.49. The molecule has 5 atom stereocenters. The highest BCUT2D eigenvalue weighted by atomic mass is 16.6. The Bertz CT molecular complexity index is 819. The van der Waals surface area contributed by atoms with E-state index in [1.165, 1.54) is 0 Å². The largest absolute Gasteiger partial charge is 0.444 e. The molecule has 0 spiro atoms. The molecule has 0 radical (unpaired) electrons. The van der Waals surface area contributed by atoms with Crippen LogP contribution in [0.15, 0.2) is 30.3 Å². The van der Waals surface area contributed by atoms with Gasteiger partial charge in [-0.05, 0) is 63.9 Å². The number of amides is 3. The van der Waals surface area contributed by atoms with Crippen molar-refractivity contribution in [2.24, 2.45) is 23.7 Å². The quantitative estimate of drug-likeness (QED) is 0.515. The van der Waals surface area contributed by atoms with Crippen molar-refractivity contribution in [2.45, 2.75) is 85.4 Å². The minimum absolute atomic E-state index is 0.0105. The summed E-state index contributed by atoms with van der Waals surface area (Å²) < 4.78 is 5.25. The number of hydrogen-bond donors (Lipinski definition) is 3. The van der Waals surface area contributed by atoms with Gasteiger partial charge in [-0.25, -0.2) is 4.79 Å². The zero-order chi connectivity index (χ0) is 25.5. The topological polar surface area (TPSA) is 96.5 Å². The van der Waals surface area contributed by atoms with Crippen molar-refractivity contribution in [1.29, 1.82) is 0 Å². The smallest absolute Gasteiger partial charge is 0.408 e. The van der Waals surface area contributed by atoms with Crippen LogP contribution in [0.3, 0.4) is 0 Å². The van der Waals surface area contributed by atoms with Gasteiger partial charge >= 0.3 is 6.09 Å². The lowest BCUT2D eigenvalue weighted by molar-refractivity contribution is -0.130. The fourth-order valence-electron chi connectivity index (χ4n) is 4.62. The summed E-state index contributed by atoms with van der Waals surface area (Å²) in [5.41, 5.74) is 0.236. The Labute approximate surface area is 204 Å². The first-order valence-electron chi connectivity index (χ1n) is 12.5. The lowest BCUT2D eigenvalue weighted by Crippen LogP contribution is -2.49. The van der Waals surface area contributed by atoms with Gasteiger partial charge in [0.25, 0.3) is 0 Å². The van der Waals surface area contributed by atoms with E-state index in [0.29, 0.717) is 17.8 Å². The molecule has 0 heterocycles. The second-order valence-electron chi connectivity index (χ2n) is 11.0. The summed E-state index contributed by atoms with van der Waals surface area (Å²) in [4.78, 5) is 38.1. The van der Waals surface area contributed by atoms with Crippen LogP contribution in [0.25, 0.3) is 0 Å². The first-order chi connectivity index (χ1) is 15.9. The molecular weight excluding hydrogens is 430 g/mol. The summed E-state index contributed by atoms with van der Waals surface area (Å²) in [5, 5.41) is 8.66. The van der Waals surface area contributed by atoms with Crippen LogP contribution in [-0.2, 0) is 14.3 Å². The molecule has 0 aromatic heterocycles. The molecule has 7 nitrogen and oxygen atoms in total. The molecule has 190 valence electrons. The van der Waals surface area contributed by atoms with E-state index in [-0.39, 0.29) is 24.3 Å². The Morgan fingerprint density at radius 2 is 1.68 bits per heavy atom. The summed E-state index contributed by atoms with van der Waals surface area (Å²) in [6.45, 7) is 13.8. The second kappa shape index (κ2) is 12.2. The van der Waals surface area contributed by atoms with Crippen molar-refractivity contribution in [3.05, 3.63) is 35.9 Å². The van der Waals surface area contributed by atoms with E-state index in [1.54, 1.807) is 27.7 Å². The van der Waals surface area contributed by atoms with Gasteiger partial charge in [0.1, 0.15) is 11.6 Å². The van der Waals surface area contributed by atoms with E-state index in [4.69, 9.17) is 4.74 Å². The predicted molar refractivity (Wildman–Crippen MR) is 134 cm³/mol. The summed E-state index contributed by atoms with van der Waals surface area (Å²) in [5.74, 6) is 1.06. The molecule has 0 bridgehead atoms. The lowest BCUT2D eigenvalue weighted by atomic mass is 9.70. The maximum absolute atomic E-state index is 13.2. The number of alkyl carbamates (subject to hydrolysis) is 1. The molecule has 3 amide bonds. The molecule has 1 aliphatic rings. The monoisotopic (exact) mass is 473 g/mol. The Hall–Kier alpha value is -2.57. The van der Waals surface area contributed by atoms with Crippen molar-refractivity contribution < 1.29 is 19.1 Å². The molecule has 0 aliphatic heterocycles. The van der Waals surface area contributed by atoms with Gasteiger partial charge in [-0.1, -0.05) is 57.5 Å². The maximum atomic E-state index is 13.2. The fourth-order valence-corrected chi connectivity index (χ4v) is 4.62. The molecule has 3 N–H and O–H groups in total. The minimum Gasteiger partial charge on any atom is -0.444 e. The van der Waals surface area contributed by atoms with Crippen LogP contribution in [0.1, 0.15) is 79.3 Å². The van der Waals surface area contributed by atoms with Crippen LogP contribution in [-0.4, -0.2) is 36.1 Å². The molecule has 1 aliphatic carbocycles. The molecular formula is C27H43N3O4. The third-order valence-corrected chi connectivity index (χ3v) is 6.48. The van der Waals surface area contributed by atoms with Gasteiger partial charge in [0.15, 0.2) is 0 Å². The summed E-state index contributed by atoms with van der Waals surface area (Å²) in [6, 6.07) is 8.34. The van der Waals surface area contributed by atoms with Crippen LogP contribution in [0, 0.1) is 23.7 Å². The van der Waals surface area contributed by atoms with E-state index < -0.39 is 23.8 Å². The third-order valence-electron chi connectivity index (χ3n) is 6.48. The third kappa shape index (κ3) is 8.65. The standard InChI is InChI=1S/C27H43N3O4/c1-17(2)21-14-13-18(3)15-22(21)25(32)28-16-23(20-11-9-8-10-12-20)30-24(31)19(4)29-26(33)34-27(5,6)7/h8-12,17-19,21-23H,13-16H2,1-7H3,(H,28,32)(H,29,33)(H,30,31).